The lowest BCUT2D eigenvalue weighted by Gasteiger charge is -2.09. The SMILES string of the molecule is FC(F)(F)c1ccc(Nc2cc(-c3ccccc3)ncn2)cc1. The Morgan fingerprint density at radius 3 is 2.17 bits per heavy atom. The summed E-state index contributed by atoms with van der Waals surface area (Å²) in [7, 11) is 0. The first kappa shape index (κ1) is 15.0. The Hall–Kier alpha value is -2.89. The number of aromatic nitrogens is 2. The summed E-state index contributed by atoms with van der Waals surface area (Å²) in [5.41, 5.74) is 1.51. The van der Waals surface area contributed by atoms with Crippen LogP contribution in [0, 0.1) is 0 Å². The Morgan fingerprint density at radius 1 is 0.826 bits per heavy atom. The zero-order valence-corrected chi connectivity index (χ0v) is 11.9. The molecular weight excluding hydrogens is 303 g/mol. The molecule has 2 aromatic carbocycles. The monoisotopic (exact) mass is 315 g/mol. The third-order valence-corrected chi connectivity index (χ3v) is 3.22. The molecule has 3 rings (SSSR count). The fourth-order valence-electron chi connectivity index (χ4n) is 2.08. The number of nitrogens with one attached hydrogen (secondary N) is 1. The molecule has 0 saturated carbocycles. The summed E-state index contributed by atoms with van der Waals surface area (Å²) in [5, 5.41) is 2.97. The van der Waals surface area contributed by atoms with E-state index >= 15 is 0 Å². The molecule has 0 radical (unpaired) electrons. The number of anilines is 2. The van der Waals surface area contributed by atoms with E-state index in [9.17, 15) is 13.2 Å². The van der Waals surface area contributed by atoms with Crippen LogP contribution >= 0.6 is 0 Å². The first-order chi connectivity index (χ1) is 11.0. The van der Waals surface area contributed by atoms with Crippen molar-refractivity contribution in [1.29, 1.82) is 0 Å². The van der Waals surface area contributed by atoms with Gasteiger partial charge in [0.2, 0.25) is 0 Å². The van der Waals surface area contributed by atoms with Gasteiger partial charge in [-0.15, -0.1) is 0 Å². The van der Waals surface area contributed by atoms with Gasteiger partial charge in [0.05, 0.1) is 11.3 Å². The van der Waals surface area contributed by atoms with E-state index in [1.54, 1.807) is 6.07 Å². The van der Waals surface area contributed by atoms with Crippen LogP contribution in [0.2, 0.25) is 0 Å². The molecule has 0 spiro atoms. The summed E-state index contributed by atoms with van der Waals surface area (Å²) in [6.45, 7) is 0. The van der Waals surface area contributed by atoms with Crippen LogP contribution in [0.3, 0.4) is 0 Å². The summed E-state index contributed by atoms with van der Waals surface area (Å²) >= 11 is 0. The molecule has 0 amide bonds. The van der Waals surface area contributed by atoms with Gasteiger partial charge in [-0.05, 0) is 24.3 Å². The quantitative estimate of drug-likeness (QED) is 0.746. The van der Waals surface area contributed by atoms with E-state index in [0.29, 0.717) is 11.5 Å². The van der Waals surface area contributed by atoms with Crippen LogP contribution in [0.15, 0.2) is 67.0 Å². The lowest BCUT2D eigenvalue weighted by atomic mass is 10.1. The summed E-state index contributed by atoms with van der Waals surface area (Å²) in [6.07, 6.45) is -2.93. The van der Waals surface area contributed by atoms with Crippen molar-refractivity contribution in [3.63, 3.8) is 0 Å². The van der Waals surface area contributed by atoms with E-state index in [-0.39, 0.29) is 0 Å². The Kier molecular flexibility index (Phi) is 3.97. The molecule has 0 saturated heterocycles. The molecule has 1 heterocycles. The Balaban J connectivity index is 1.81. The normalized spacial score (nSPS) is 11.3. The van der Waals surface area contributed by atoms with Crippen molar-refractivity contribution < 1.29 is 13.2 Å². The average Bonchev–Trinajstić information content (AvgIpc) is 2.56. The number of rotatable bonds is 3. The lowest BCUT2D eigenvalue weighted by Crippen LogP contribution is -2.04. The minimum atomic E-state index is -4.34. The zero-order chi connectivity index (χ0) is 16.3. The fourth-order valence-corrected chi connectivity index (χ4v) is 2.08. The number of nitrogens with zero attached hydrogens (tertiary/aromatic N) is 2. The van der Waals surface area contributed by atoms with Crippen molar-refractivity contribution in [3.05, 3.63) is 72.6 Å². The van der Waals surface area contributed by atoms with Crippen LogP contribution in [0.1, 0.15) is 5.56 Å². The fraction of sp³-hybridized carbons (Fsp3) is 0.0588. The van der Waals surface area contributed by atoms with E-state index < -0.39 is 11.7 Å². The van der Waals surface area contributed by atoms with Gasteiger partial charge in [-0.2, -0.15) is 13.2 Å². The molecule has 6 heteroatoms. The first-order valence-corrected chi connectivity index (χ1v) is 6.84. The van der Waals surface area contributed by atoms with Crippen LogP contribution in [0.25, 0.3) is 11.3 Å². The van der Waals surface area contributed by atoms with Crippen LogP contribution in [0.5, 0.6) is 0 Å². The highest BCUT2D eigenvalue weighted by Crippen LogP contribution is 2.30. The van der Waals surface area contributed by atoms with E-state index in [1.807, 2.05) is 30.3 Å². The van der Waals surface area contributed by atoms with E-state index in [1.165, 1.54) is 18.5 Å². The van der Waals surface area contributed by atoms with Gasteiger partial charge < -0.3 is 5.32 Å². The molecule has 0 unspecified atom stereocenters. The molecule has 1 aromatic heterocycles. The lowest BCUT2D eigenvalue weighted by molar-refractivity contribution is -0.137. The smallest absolute Gasteiger partial charge is 0.340 e. The minimum absolute atomic E-state index is 0.513. The number of benzene rings is 2. The summed E-state index contributed by atoms with van der Waals surface area (Å²) in [6, 6.07) is 16.1. The van der Waals surface area contributed by atoms with Gasteiger partial charge in [-0.1, -0.05) is 30.3 Å². The molecule has 3 nitrogen and oxygen atoms in total. The molecular formula is C17H12F3N3. The first-order valence-electron chi connectivity index (χ1n) is 6.84. The maximum atomic E-state index is 12.5. The summed E-state index contributed by atoms with van der Waals surface area (Å²) < 4.78 is 37.6. The molecule has 0 fully saturated rings. The second kappa shape index (κ2) is 6.08. The van der Waals surface area contributed by atoms with Crippen LogP contribution < -0.4 is 5.32 Å². The van der Waals surface area contributed by atoms with Crippen molar-refractivity contribution in [2.45, 2.75) is 6.18 Å². The highest BCUT2D eigenvalue weighted by Gasteiger charge is 2.29. The summed E-state index contributed by atoms with van der Waals surface area (Å²) in [5.74, 6) is 0.513. The largest absolute Gasteiger partial charge is 0.416 e. The molecule has 116 valence electrons. The molecule has 0 aliphatic carbocycles. The summed E-state index contributed by atoms with van der Waals surface area (Å²) in [4.78, 5) is 8.28. The van der Waals surface area contributed by atoms with Gasteiger partial charge >= 0.3 is 6.18 Å². The van der Waals surface area contributed by atoms with Crippen LogP contribution in [0.4, 0.5) is 24.7 Å². The number of hydrogen-bond acceptors (Lipinski definition) is 3. The Labute approximate surface area is 130 Å². The molecule has 23 heavy (non-hydrogen) atoms. The average molecular weight is 315 g/mol. The van der Waals surface area contributed by atoms with E-state index in [0.717, 1.165) is 23.4 Å². The Morgan fingerprint density at radius 2 is 1.52 bits per heavy atom. The topological polar surface area (TPSA) is 37.8 Å². The van der Waals surface area contributed by atoms with Crippen molar-refractivity contribution in [1.82, 2.24) is 9.97 Å². The number of alkyl halides is 3. The van der Waals surface area contributed by atoms with Gasteiger partial charge in [-0.25, -0.2) is 9.97 Å². The molecule has 0 aliphatic heterocycles. The van der Waals surface area contributed by atoms with Crippen molar-refractivity contribution in [3.8, 4) is 11.3 Å². The molecule has 3 aromatic rings. The van der Waals surface area contributed by atoms with Gasteiger partial charge in [0.15, 0.2) is 0 Å². The van der Waals surface area contributed by atoms with Crippen LogP contribution in [-0.4, -0.2) is 9.97 Å². The van der Waals surface area contributed by atoms with E-state index in [2.05, 4.69) is 15.3 Å². The molecule has 1 N–H and O–H groups in total. The minimum Gasteiger partial charge on any atom is -0.340 e. The maximum Gasteiger partial charge on any atom is 0.416 e. The predicted octanol–water partition coefficient (Wildman–Crippen LogP) is 4.91. The van der Waals surface area contributed by atoms with Gasteiger partial charge in [0, 0.05) is 17.3 Å². The van der Waals surface area contributed by atoms with Crippen molar-refractivity contribution in [2.75, 3.05) is 5.32 Å². The van der Waals surface area contributed by atoms with Crippen molar-refractivity contribution in [2.24, 2.45) is 0 Å². The third-order valence-electron chi connectivity index (χ3n) is 3.22. The van der Waals surface area contributed by atoms with E-state index in [4.69, 9.17) is 0 Å². The maximum absolute atomic E-state index is 12.5. The van der Waals surface area contributed by atoms with Crippen LogP contribution in [-0.2, 0) is 6.18 Å². The third kappa shape index (κ3) is 3.66. The predicted molar refractivity (Wildman–Crippen MR) is 82.2 cm³/mol. The molecule has 0 atom stereocenters. The standard InChI is InChI=1S/C17H12F3N3/c18-17(19,20)13-6-8-14(9-7-13)23-16-10-15(21-11-22-16)12-4-2-1-3-5-12/h1-11H,(H,21,22,23). The number of hydrogen-bond donors (Lipinski definition) is 1. The highest BCUT2D eigenvalue weighted by atomic mass is 19.4. The van der Waals surface area contributed by atoms with Crippen molar-refractivity contribution >= 4 is 11.5 Å². The Bertz CT molecular complexity index is 784. The second-order valence-electron chi connectivity index (χ2n) is 4.85. The van der Waals surface area contributed by atoms with Gasteiger partial charge in [0.1, 0.15) is 12.1 Å². The molecule has 0 bridgehead atoms. The van der Waals surface area contributed by atoms with Gasteiger partial charge in [-0.3, -0.25) is 0 Å². The van der Waals surface area contributed by atoms with Gasteiger partial charge in [0.25, 0.3) is 0 Å². The molecule has 0 aliphatic rings. The highest BCUT2D eigenvalue weighted by molar-refractivity contribution is 5.65. The zero-order valence-electron chi connectivity index (χ0n) is 11.9. The number of halogens is 3. The second-order valence-corrected chi connectivity index (χ2v) is 4.85.